The van der Waals surface area contributed by atoms with Crippen molar-refractivity contribution in [3.63, 3.8) is 0 Å². The van der Waals surface area contributed by atoms with Crippen LogP contribution in [0.4, 0.5) is 0 Å². The molecule has 20 heavy (non-hydrogen) atoms. The third-order valence-electron chi connectivity index (χ3n) is 3.30. The highest BCUT2D eigenvalue weighted by Gasteiger charge is 2.15. The molecule has 2 N–H and O–H groups in total. The predicted molar refractivity (Wildman–Crippen MR) is 82.6 cm³/mol. The molecule has 0 aromatic heterocycles. The molecule has 0 amide bonds. The number of rotatable bonds is 4. The van der Waals surface area contributed by atoms with Gasteiger partial charge < -0.3 is 15.2 Å². The summed E-state index contributed by atoms with van der Waals surface area (Å²) in [5.41, 5.74) is 9.91. The van der Waals surface area contributed by atoms with Crippen molar-refractivity contribution < 1.29 is 9.47 Å². The van der Waals surface area contributed by atoms with E-state index in [1.54, 1.807) is 14.2 Å². The Hall–Kier alpha value is -1.71. The van der Waals surface area contributed by atoms with Crippen LogP contribution in [-0.2, 0) is 6.54 Å². The Labute approximate surface area is 124 Å². The van der Waals surface area contributed by atoms with Crippen molar-refractivity contribution in [2.24, 2.45) is 5.73 Å². The van der Waals surface area contributed by atoms with E-state index >= 15 is 0 Å². The molecule has 2 rings (SSSR count). The van der Waals surface area contributed by atoms with E-state index in [0.29, 0.717) is 23.1 Å². The second kappa shape index (κ2) is 6.16. The lowest BCUT2D eigenvalue weighted by Crippen LogP contribution is -1.98. The number of hydrogen-bond acceptors (Lipinski definition) is 3. The summed E-state index contributed by atoms with van der Waals surface area (Å²) >= 11 is 6.30. The summed E-state index contributed by atoms with van der Waals surface area (Å²) in [6.45, 7) is 2.58. The van der Waals surface area contributed by atoms with Gasteiger partial charge in [0.15, 0.2) is 0 Å². The Morgan fingerprint density at radius 2 is 1.75 bits per heavy atom. The summed E-state index contributed by atoms with van der Waals surface area (Å²) in [5, 5.41) is 0.481. The molecule has 3 nitrogen and oxygen atoms in total. The van der Waals surface area contributed by atoms with Crippen LogP contribution in [0.1, 0.15) is 11.1 Å². The zero-order valence-electron chi connectivity index (χ0n) is 11.9. The van der Waals surface area contributed by atoms with Gasteiger partial charge in [0.05, 0.1) is 14.2 Å². The van der Waals surface area contributed by atoms with Gasteiger partial charge in [0.1, 0.15) is 16.5 Å². The first-order chi connectivity index (χ1) is 9.62. The minimum atomic E-state index is 0.481. The Kier molecular flexibility index (Phi) is 4.53. The number of ether oxygens (including phenoxy) is 2. The minimum Gasteiger partial charge on any atom is -0.495 e. The van der Waals surface area contributed by atoms with Crippen molar-refractivity contribution in [2.75, 3.05) is 14.2 Å². The van der Waals surface area contributed by atoms with Crippen LogP contribution in [0.5, 0.6) is 11.5 Å². The lowest BCUT2D eigenvalue weighted by molar-refractivity contribution is 0.396. The molecule has 0 radical (unpaired) electrons. The lowest BCUT2D eigenvalue weighted by Gasteiger charge is -2.15. The molecule has 2 aromatic carbocycles. The van der Waals surface area contributed by atoms with Gasteiger partial charge in [-0.1, -0.05) is 29.8 Å². The maximum absolute atomic E-state index is 6.30. The average molecular weight is 292 g/mol. The number of hydrogen-bond donors (Lipinski definition) is 1. The van der Waals surface area contributed by atoms with Crippen LogP contribution < -0.4 is 15.2 Å². The van der Waals surface area contributed by atoms with Crippen LogP contribution in [0.15, 0.2) is 30.3 Å². The molecule has 0 fully saturated rings. The summed E-state index contributed by atoms with van der Waals surface area (Å²) in [7, 11) is 3.19. The van der Waals surface area contributed by atoms with E-state index < -0.39 is 0 Å². The third kappa shape index (κ3) is 2.60. The quantitative estimate of drug-likeness (QED) is 0.932. The van der Waals surface area contributed by atoms with Crippen LogP contribution in [0.2, 0.25) is 5.02 Å². The smallest absolute Gasteiger partial charge is 0.149 e. The maximum atomic E-state index is 6.30. The van der Waals surface area contributed by atoms with E-state index in [2.05, 4.69) is 6.07 Å². The Bertz CT molecular complexity index is 626. The summed E-state index contributed by atoms with van der Waals surface area (Å²) < 4.78 is 10.7. The highest BCUT2D eigenvalue weighted by Crippen LogP contribution is 2.42. The molecule has 0 saturated heterocycles. The molecule has 2 aromatic rings. The van der Waals surface area contributed by atoms with Gasteiger partial charge in [0.2, 0.25) is 0 Å². The van der Waals surface area contributed by atoms with Crippen molar-refractivity contribution in [3.05, 3.63) is 46.5 Å². The fourth-order valence-electron chi connectivity index (χ4n) is 2.26. The van der Waals surface area contributed by atoms with E-state index in [9.17, 15) is 0 Å². The van der Waals surface area contributed by atoms with Gasteiger partial charge in [-0.25, -0.2) is 0 Å². The van der Waals surface area contributed by atoms with Gasteiger partial charge in [0.25, 0.3) is 0 Å². The van der Waals surface area contributed by atoms with E-state index in [-0.39, 0.29) is 0 Å². The monoisotopic (exact) mass is 291 g/mol. The van der Waals surface area contributed by atoms with Crippen LogP contribution in [-0.4, -0.2) is 14.2 Å². The highest BCUT2D eigenvalue weighted by molar-refractivity contribution is 6.34. The first kappa shape index (κ1) is 14.7. The van der Waals surface area contributed by atoms with Crippen LogP contribution >= 0.6 is 11.6 Å². The van der Waals surface area contributed by atoms with E-state index in [1.165, 1.54) is 0 Å². The summed E-state index contributed by atoms with van der Waals surface area (Å²) in [6, 6.07) is 9.93. The minimum absolute atomic E-state index is 0.481. The molecule has 0 spiro atoms. The molecule has 0 unspecified atom stereocenters. The van der Waals surface area contributed by atoms with E-state index in [1.807, 2.05) is 31.2 Å². The SMILES string of the molecule is COc1ccc(-c2ccc(CN)cc2C)c(OC)c1Cl. The standard InChI is InChI=1S/C16H18ClNO2/c1-10-8-11(9-18)4-5-12(10)13-6-7-14(19-2)15(17)16(13)20-3/h4-8H,9,18H2,1-3H3. The topological polar surface area (TPSA) is 44.5 Å². The third-order valence-corrected chi connectivity index (χ3v) is 3.66. The van der Waals surface area contributed by atoms with Crippen LogP contribution in [0, 0.1) is 6.92 Å². The van der Waals surface area contributed by atoms with Gasteiger partial charge in [0, 0.05) is 12.1 Å². The number of aryl methyl sites for hydroxylation is 1. The van der Waals surface area contributed by atoms with Gasteiger partial charge >= 0.3 is 0 Å². The first-order valence-corrected chi connectivity index (χ1v) is 6.70. The maximum Gasteiger partial charge on any atom is 0.149 e. The zero-order valence-corrected chi connectivity index (χ0v) is 12.6. The van der Waals surface area contributed by atoms with Crippen molar-refractivity contribution in [3.8, 4) is 22.6 Å². The molecule has 0 heterocycles. The van der Waals surface area contributed by atoms with Gasteiger partial charge in [-0.3, -0.25) is 0 Å². The van der Waals surface area contributed by atoms with Crippen molar-refractivity contribution in [1.29, 1.82) is 0 Å². The van der Waals surface area contributed by atoms with Crippen molar-refractivity contribution in [2.45, 2.75) is 13.5 Å². The molecular formula is C16H18ClNO2. The zero-order chi connectivity index (χ0) is 14.7. The van der Waals surface area contributed by atoms with Crippen LogP contribution in [0.3, 0.4) is 0 Å². The Morgan fingerprint density at radius 3 is 2.30 bits per heavy atom. The number of methoxy groups -OCH3 is 2. The summed E-state index contributed by atoms with van der Waals surface area (Å²) in [5.74, 6) is 1.22. The second-order valence-corrected chi connectivity index (χ2v) is 4.89. The number of benzene rings is 2. The number of halogens is 1. The molecular weight excluding hydrogens is 274 g/mol. The van der Waals surface area contributed by atoms with Crippen LogP contribution in [0.25, 0.3) is 11.1 Å². The van der Waals surface area contributed by atoms with Crippen molar-refractivity contribution >= 4 is 11.6 Å². The molecule has 0 aliphatic rings. The fourth-order valence-corrected chi connectivity index (χ4v) is 2.58. The van der Waals surface area contributed by atoms with Gasteiger partial charge in [-0.05, 0) is 35.7 Å². The molecule has 4 heteroatoms. The second-order valence-electron chi connectivity index (χ2n) is 4.52. The lowest BCUT2D eigenvalue weighted by atomic mass is 9.97. The first-order valence-electron chi connectivity index (χ1n) is 6.32. The molecule has 0 aliphatic heterocycles. The molecule has 106 valence electrons. The molecule has 0 aliphatic carbocycles. The van der Waals surface area contributed by atoms with Gasteiger partial charge in [-0.15, -0.1) is 0 Å². The normalized spacial score (nSPS) is 10.4. The summed E-state index contributed by atoms with van der Waals surface area (Å²) in [6.07, 6.45) is 0. The molecule has 0 saturated carbocycles. The average Bonchev–Trinajstić information content (AvgIpc) is 2.46. The largest absolute Gasteiger partial charge is 0.495 e. The Balaban J connectivity index is 2.61. The van der Waals surface area contributed by atoms with Crippen molar-refractivity contribution in [1.82, 2.24) is 0 Å². The molecule has 0 bridgehead atoms. The van der Waals surface area contributed by atoms with Gasteiger partial charge in [-0.2, -0.15) is 0 Å². The highest BCUT2D eigenvalue weighted by atomic mass is 35.5. The van der Waals surface area contributed by atoms with E-state index in [4.69, 9.17) is 26.8 Å². The van der Waals surface area contributed by atoms with E-state index in [0.717, 1.165) is 22.3 Å². The fraction of sp³-hybridized carbons (Fsp3) is 0.250. The number of nitrogens with two attached hydrogens (primary N) is 1. The predicted octanol–water partition coefficient (Wildman–Crippen LogP) is 3.79. The summed E-state index contributed by atoms with van der Waals surface area (Å²) in [4.78, 5) is 0. The molecule has 0 atom stereocenters. The Morgan fingerprint density at radius 1 is 1.05 bits per heavy atom.